The van der Waals surface area contributed by atoms with Gasteiger partial charge in [-0.15, -0.1) is 0 Å². The molecule has 0 aromatic heterocycles. The van der Waals surface area contributed by atoms with Crippen molar-refractivity contribution < 1.29 is 33.7 Å². The van der Waals surface area contributed by atoms with E-state index in [1.807, 2.05) is 36.4 Å². The van der Waals surface area contributed by atoms with Crippen LogP contribution in [0.1, 0.15) is 31.8 Å². The predicted octanol–water partition coefficient (Wildman–Crippen LogP) is 5.39. The second-order valence-electron chi connectivity index (χ2n) is 8.73. The summed E-state index contributed by atoms with van der Waals surface area (Å²) in [5.41, 5.74) is 1.69. The van der Waals surface area contributed by atoms with Gasteiger partial charge in [-0.1, -0.05) is 48.5 Å². The van der Waals surface area contributed by atoms with E-state index < -0.39 is 17.8 Å². The molecule has 4 aromatic rings. The molecule has 0 saturated heterocycles. The van der Waals surface area contributed by atoms with Crippen LogP contribution in [-0.4, -0.2) is 37.1 Å². The highest BCUT2D eigenvalue weighted by Crippen LogP contribution is 2.27. The van der Waals surface area contributed by atoms with Gasteiger partial charge in [0.1, 0.15) is 29.6 Å². The van der Waals surface area contributed by atoms with Crippen molar-refractivity contribution in [1.82, 2.24) is 5.32 Å². The minimum absolute atomic E-state index is 0.0435. The Morgan fingerprint density at radius 2 is 1.46 bits per heavy atom. The molecule has 4 aromatic carbocycles. The molecule has 4 rings (SSSR count). The van der Waals surface area contributed by atoms with Crippen LogP contribution in [0.2, 0.25) is 0 Å². The number of amides is 2. The molecule has 0 aliphatic rings. The Kier molecular flexibility index (Phi) is 9.35. The number of para-hydroxylation sites is 1. The van der Waals surface area contributed by atoms with Gasteiger partial charge in [0.05, 0.1) is 25.5 Å². The smallest absolute Gasteiger partial charge is 0.335 e. The quantitative estimate of drug-likeness (QED) is 0.213. The van der Waals surface area contributed by atoms with Gasteiger partial charge in [-0.3, -0.25) is 9.59 Å². The first-order chi connectivity index (χ1) is 19.9. The molecule has 0 radical (unpaired) electrons. The Morgan fingerprint density at radius 1 is 0.780 bits per heavy atom. The normalized spacial score (nSPS) is 10.8. The molecular weight excluding hydrogens is 524 g/mol. The highest BCUT2D eigenvalue weighted by molar-refractivity contribution is 6.11. The maximum Gasteiger partial charge on any atom is 0.335 e. The third-order valence-corrected chi connectivity index (χ3v) is 5.98. The fourth-order valence-corrected chi connectivity index (χ4v) is 3.89. The first-order valence-corrected chi connectivity index (χ1v) is 12.5. The largest absolute Gasteiger partial charge is 0.496 e. The Hall–Kier alpha value is -5.57. The van der Waals surface area contributed by atoms with Crippen molar-refractivity contribution in [3.05, 3.63) is 125 Å². The lowest BCUT2D eigenvalue weighted by atomic mass is 10.1. The number of carboxylic acid groups (broad SMARTS) is 1. The summed E-state index contributed by atoms with van der Waals surface area (Å²) in [6.45, 7) is 0.259. The molecule has 41 heavy (non-hydrogen) atoms. The number of carbonyl (C=O) groups is 3. The second-order valence-corrected chi connectivity index (χ2v) is 8.73. The Balaban J connectivity index is 1.65. The van der Waals surface area contributed by atoms with E-state index in [4.69, 9.17) is 14.2 Å². The summed E-state index contributed by atoms with van der Waals surface area (Å²) in [4.78, 5) is 37.9. The zero-order valence-corrected chi connectivity index (χ0v) is 22.4. The Bertz CT molecular complexity index is 1570. The number of aromatic carboxylic acids is 1. The number of carbonyl (C=O) groups excluding carboxylic acids is 2. The first kappa shape index (κ1) is 28.4. The van der Waals surface area contributed by atoms with Crippen molar-refractivity contribution in [3.63, 3.8) is 0 Å². The van der Waals surface area contributed by atoms with E-state index in [0.29, 0.717) is 22.6 Å². The van der Waals surface area contributed by atoms with Crippen LogP contribution in [0.15, 0.2) is 103 Å². The molecule has 0 unspecified atom stereocenters. The van der Waals surface area contributed by atoms with Crippen molar-refractivity contribution in [1.29, 1.82) is 0 Å². The number of rotatable bonds is 11. The average molecular weight is 553 g/mol. The predicted molar refractivity (Wildman–Crippen MR) is 154 cm³/mol. The van der Waals surface area contributed by atoms with E-state index in [1.165, 1.54) is 38.5 Å². The number of carboxylic acids is 1. The summed E-state index contributed by atoms with van der Waals surface area (Å²) in [6, 6.07) is 27.2. The molecule has 0 saturated carbocycles. The molecule has 0 spiro atoms. The third-order valence-electron chi connectivity index (χ3n) is 5.98. The number of hydrogen-bond acceptors (Lipinski definition) is 6. The minimum atomic E-state index is -1.17. The second kappa shape index (κ2) is 13.5. The van der Waals surface area contributed by atoms with Gasteiger partial charge in [0, 0.05) is 11.1 Å². The standard InChI is InChI=1S/C32H28N2O7/c1-39-28-16-15-23(32(37)38)19-26(28)33-31(36)27(34-30(35)22-9-5-3-6-10-22)17-21-13-14-24(29(18-21)40-2)20-41-25-11-7-4-8-12-25/h3-19H,20H2,1-2H3,(H,33,36)(H,34,35)(H,37,38). The number of methoxy groups -OCH3 is 2. The van der Waals surface area contributed by atoms with E-state index in [0.717, 1.165) is 5.56 Å². The highest BCUT2D eigenvalue weighted by atomic mass is 16.5. The molecule has 0 aliphatic carbocycles. The van der Waals surface area contributed by atoms with Gasteiger partial charge in [0.25, 0.3) is 11.8 Å². The maximum absolute atomic E-state index is 13.5. The lowest BCUT2D eigenvalue weighted by Crippen LogP contribution is -2.30. The lowest BCUT2D eigenvalue weighted by Gasteiger charge is -2.15. The van der Waals surface area contributed by atoms with Gasteiger partial charge in [0.2, 0.25) is 0 Å². The van der Waals surface area contributed by atoms with Crippen molar-refractivity contribution >= 4 is 29.5 Å². The SMILES string of the molecule is COc1cc(C=C(NC(=O)c2ccccc2)C(=O)Nc2cc(C(=O)O)ccc2OC)ccc1COc1ccccc1. The van der Waals surface area contributed by atoms with Crippen LogP contribution < -0.4 is 24.8 Å². The van der Waals surface area contributed by atoms with E-state index in [9.17, 15) is 19.5 Å². The average Bonchev–Trinajstić information content (AvgIpc) is 3.00. The van der Waals surface area contributed by atoms with Crippen LogP contribution >= 0.6 is 0 Å². The first-order valence-electron chi connectivity index (χ1n) is 12.5. The number of hydrogen-bond donors (Lipinski definition) is 3. The third kappa shape index (κ3) is 7.51. The number of nitrogens with one attached hydrogen (secondary N) is 2. The van der Waals surface area contributed by atoms with Crippen LogP contribution in [0.3, 0.4) is 0 Å². The minimum Gasteiger partial charge on any atom is -0.496 e. The van der Waals surface area contributed by atoms with Gasteiger partial charge in [-0.25, -0.2) is 4.79 Å². The van der Waals surface area contributed by atoms with Gasteiger partial charge in [-0.05, 0) is 60.2 Å². The van der Waals surface area contributed by atoms with Gasteiger partial charge >= 0.3 is 5.97 Å². The zero-order valence-electron chi connectivity index (χ0n) is 22.4. The van der Waals surface area contributed by atoms with E-state index in [-0.39, 0.29) is 29.3 Å². The van der Waals surface area contributed by atoms with Gasteiger partial charge in [0.15, 0.2) is 0 Å². The van der Waals surface area contributed by atoms with Crippen molar-refractivity contribution in [2.24, 2.45) is 0 Å². The summed E-state index contributed by atoms with van der Waals surface area (Å²) < 4.78 is 16.7. The number of benzene rings is 4. The molecule has 208 valence electrons. The van der Waals surface area contributed by atoms with Crippen molar-refractivity contribution in [2.45, 2.75) is 6.61 Å². The summed E-state index contributed by atoms with van der Waals surface area (Å²) in [5, 5.41) is 14.7. The van der Waals surface area contributed by atoms with Crippen LogP contribution in [0.4, 0.5) is 5.69 Å². The summed E-state index contributed by atoms with van der Waals surface area (Å²) in [7, 11) is 2.93. The Morgan fingerprint density at radius 3 is 2.12 bits per heavy atom. The number of ether oxygens (including phenoxy) is 3. The summed E-state index contributed by atoms with van der Waals surface area (Å²) in [5.74, 6) is -0.868. The van der Waals surface area contributed by atoms with E-state index in [2.05, 4.69) is 10.6 Å². The molecule has 0 heterocycles. The topological polar surface area (TPSA) is 123 Å². The molecule has 0 fully saturated rings. The van der Waals surface area contributed by atoms with E-state index >= 15 is 0 Å². The lowest BCUT2D eigenvalue weighted by molar-refractivity contribution is -0.113. The van der Waals surface area contributed by atoms with Gasteiger partial charge < -0.3 is 30.0 Å². The monoisotopic (exact) mass is 552 g/mol. The van der Waals surface area contributed by atoms with Crippen LogP contribution in [-0.2, 0) is 11.4 Å². The Labute approximate surface area is 237 Å². The molecule has 0 bridgehead atoms. The van der Waals surface area contributed by atoms with Crippen molar-refractivity contribution in [2.75, 3.05) is 19.5 Å². The zero-order chi connectivity index (χ0) is 29.2. The summed E-state index contributed by atoms with van der Waals surface area (Å²) in [6.07, 6.45) is 1.49. The number of anilines is 1. The molecule has 0 aliphatic heterocycles. The maximum atomic E-state index is 13.5. The van der Waals surface area contributed by atoms with Crippen LogP contribution in [0.5, 0.6) is 17.2 Å². The molecule has 2 amide bonds. The van der Waals surface area contributed by atoms with Crippen LogP contribution in [0.25, 0.3) is 6.08 Å². The molecule has 0 atom stereocenters. The fourth-order valence-electron chi connectivity index (χ4n) is 3.89. The van der Waals surface area contributed by atoms with E-state index in [1.54, 1.807) is 42.5 Å². The van der Waals surface area contributed by atoms with Crippen molar-refractivity contribution in [3.8, 4) is 17.2 Å². The molecule has 3 N–H and O–H groups in total. The molecule has 9 heteroatoms. The fraction of sp³-hybridized carbons (Fsp3) is 0.0938. The van der Waals surface area contributed by atoms with Gasteiger partial charge in [-0.2, -0.15) is 0 Å². The highest BCUT2D eigenvalue weighted by Gasteiger charge is 2.18. The summed E-state index contributed by atoms with van der Waals surface area (Å²) >= 11 is 0. The molecule has 9 nitrogen and oxygen atoms in total. The molecular formula is C32H28N2O7. The van der Waals surface area contributed by atoms with Crippen LogP contribution in [0, 0.1) is 0 Å².